The van der Waals surface area contributed by atoms with Gasteiger partial charge in [0.25, 0.3) is 0 Å². The van der Waals surface area contributed by atoms with E-state index in [0.717, 1.165) is 16.8 Å². The minimum absolute atomic E-state index is 0.152. The number of sulfone groups is 1. The average Bonchev–Trinajstić information content (AvgIpc) is 2.80. The van der Waals surface area contributed by atoms with Crippen molar-refractivity contribution in [1.82, 2.24) is 4.98 Å². The summed E-state index contributed by atoms with van der Waals surface area (Å²) in [5, 5.41) is 0. The number of thiazole rings is 1. The van der Waals surface area contributed by atoms with Gasteiger partial charge >= 0.3 is 0 Å². The smallest absolute Gasteiger partial charge is 0.176 e. The van der Waals surface area contributed by atoms with Gasteiger partial charge in [0, 0.05) is 16.9 Å². The summed E-state index contributed by atoms with van der Waals surface area (Å²) < 4.78 is 35.8. The number of aromatic nitrogens is 1. The van der Waals surface area contributed by atoms with Crippen LogP contribution in [0.5, 0.6) is 0 Å². The molecule has 20 heavy (non-hydrogen) atoms. The quantitative estimate of drug-likeness (QED) is 0.843. The largest absolute Gasteiger partial charge is 0.254 e. The molecule has 0 radical (unpaired) electrons. The molecule has 0 saturated carbocycles. The molecule has 0 amide bonds. The van der Waals surface area contributed by atoms with E-state index in [0.29, 0.717) is 17.1 Å². The maximum atomic E-state index is 12.3. The summed E-state index contributed by atoms with van der Waals surface area (Å²) in [4.78, 5) is 5.78. The van der Waals surface area contributed by atoms with E-state index in [2.05, 4.69) is 4.98 Å². The Kier molecular flexibility index (Phi) is 4.72. The molecular formula is C13H15NO3S3. The van der Waals surface area contributed by atoms with Gasteiger partial charge in [0.05, 0.1) is 31.8 Å². The van der Waals surface area contributed by atoms with Crippen molar-refractivity contribution in [3.8, 4) is 0 Å². The fourth-order valence-electron chi connectivity index (χ4n) is 1.81. The Hall–Kier alpha value is -1.05. The highest BCUT2D eigenvalue weighted by atomic mass is 32.2. The predicted octanol–water partition coefficient (Wildman–Crippen LogP) is 2.21. The van der Waals surface area contributed by atoms with Crippen molar-refractivity contribution in [2.24, 2.45) is 0 Å². The normalized spacial score (nSPS) is 13.3. The maximum absolute atomic E-state index is 12.3. The van der Waals surface area contributed by atoms with Gasteiger partial charge in [-0.3, -0.25) is 4.21 Å². The molecule has 1 heterocycles. The zero-order chi connectivity index (χ0) is 14.8. The first kappa shape index (κ1) is 15.3. The Morgan fingerprint density at radius 2 is 2.00 bits per heavy atom. The number of hydrogen-bond donors (Lipinski definition) is 0. The van der Waals surface area contributed by atoms with Crippen molar-refractivity contribution >= 4 is 32.0 Å². The van der Waals surface area contributed by atoms with E-state index in [1.165, 1.54) is 17.4 Å². The van der Waals surface area contributed by atoms with Gasteiger partial charge in [0.15, 0.2) is 9.84 Å². The molecule has 0 bridgehead atoms. The Morgan fingerprint density at radius 3 is 2.60 bits per heavy atom. The standard InChI is InChI=1S/C13H15NO3S3/c1-10-11(18-9-14-10)7-8-19(15)12-5-3-4-6-13(12)20(2,16)17/h3-6,9H,7-8H2,1-2H3/t19-/m0/s1. The van der Waals surface area contributed by atoms with Crippen LogP contribution in [0.1, 0.15) is 10.6 Å². The predicted molar refractivity (Wildman–Crippen MR) is 81.4 cm³/mol. The summed E-state index contributed by atoms with van der Waals surface area (Å²) in [6.45, 7) is 1.92. The molecule has 7 heteroatoms. The fourth-order valence-corrected chi connectivity index (χ4v) is 5.34. The van der Waals surface area contributed by atoms with Crippen LogP contribution in [0.4, 0.5) is 0 Å². The highest BCUT2D eigenvalue weighted by Crippen LogP contribution is 2.21. The molecule has 0 aliphatic carbocycles. The highest BCUT2D eigenvalue weighted by Gasteiger charge is 2.17. The summed E-state index contributed by atoms with van der Waals surface area (Å²) in [5.74, 6) is 0.398. The van der Waals surface area contributed by atoms with Crippen LogP contribution < -0.4 is 0 Å². The van der Waals surface area contributed by atoms with E-state index in [9.17, 15) is 12.6 Å². The second-order valence-electron chi connectivity index (χ2n) is 4.38. The Morgan fingerprint density at radius 1 is 1.30 bits per heavy atom. The lowest BCUT2D eigenvalue weighted by molar-refractivity contribution is 0.599. The molecule has 0 aliphatic heterocycles. The zero-order valence-corrected chi connectivity index (χ0v) is 13.6. The molecule has 0 aliphatic rings. The first-order valence-corrected chi connectivity index (χ1v) is 10.0. The van der Waals surface area contributed by atoms with Crippen molar-refractivity contribution in [2.75, 3.05) is 12.0 Å². The molecule has 108 valence electrons. The van der Waals surface area contributed by atoms with Gasteiger partial charge in [0.1, 0.15) is 0 Å². The van der Waals surface area contributed by atoms with Gasteiger partial charge in [-0.2, -0.15) is 0 Å². The Labute approximate surface area is 125 Å². The van der Waals surface area contributed by atoms with E-state index < -0.39 is 20.6 Å². The fraction of sp³-hybridized carbons (Fsp3) is 0.308. The molecule has 0 fully saturated rings. The van der Waals surface area contributed by atoms with Crippen molar-refractivity contribution in [2.45, 2.75) is 23.1 Å². The van der Waals surface area contributed by atoms with Crippen LogP contribution in [0.3, 0.4) is 0 Å². The van der Waals surface area contributed by atoms with Crippen molar-refractivity contribution in [3.63, 3.8) is 0 Å². The molecule has 2 aromatic rings. The van der Waals surface area contributed by atoms with Gasteiger partial charge in [-0.25, -0.2) is 13.4 Å². The van der Waals surface area contributed by atoms with Gasteiger partial charge in [-0.15, -0.1) is 11.3 Å². The van der Waals surface area contributed by atoms with Crippen LogP contribution in [0, 0.1) is 6.92 Å². The summed E-state index contributed by atoms with van der Waals surface area (Å²) in [7, 11) is -4.70. The van der Waals surface area contributed by atoms with Gasteiger partial charge < -0.3 is 0 Å². The van der Waals surface area contributed by atoms with Crippen LogP contribution in [-0.2, 0) is 27.1 Å². The van der Waals surface area contributed by atoms with Crippen LogP contribution in [0.2, 0.25) is 0 Å². The summed E-state index contributed by atoms with van der Waals surface area (Å²) >= 11 is 1.53. The molecule has 1 aromatic carbocycles. The molecule has 0 saturated heterocycles. The van der Waals surface area contributed by atoms with Crippen LogP contribution >= 0.6 is 11.3 Å². The van der Waals surface area contributed by atoms with Crippen LogP contribution in [0.15, 0.2) is 39.6 Å². The van der Waals surface area contributed by atoms with E-state index in [1.807, 2.05) is 6.92 Å². The van der Waals surface area contributed by atoms with Crippen molar-refractivity contribution in [1.29, 1.82) is 0 Å². The second kappa shape index (κ2) is 6.15. The Bertz CT molecular complexity index is 735. The second-order valence-corrected chi connectivity index (χ2v) is 8.84. The lowest BCUT2D eigenvalue weighted by Crippen LogP contribution is -2.08. The third-order valence-corrected chi connectivity index (χ3v) is 6.55. The third-order valence-electron chi connectivity index (χ3n) is 2.85. The van der Waals surface area contributed by atoms with E-state index >= 15 is 0 Å². The van der Waals surface area contributed by atoms with E-state index in [-0.39, 0.29) is 4.90 Å². The molecule has 1 aromatic heterocycles. The zero-order valence-electron chi connectivity index (χ0n) is 11.2. The molecule has 4 nitrogen and oxygen atoms in total. The minimum atomic E-state index is -3.36. The maximum Gasteiger partial charge on any atom is 0.176 e. The van der Waals surface area contributed by atoms with Gasteiger partial charge in [0.2, 0.25) is 0 Å². The lowest BCUT2D eigenvalue weighted by Gasteiger charge is -2.07. The van der Waals surface area contributed by atoms with Crippen LogP contribution in [-0.4, -0.2) is 29.6 Å². The van der Waals surface area contributed by atoms with Crippen molar-refractivity contribution in [3.05, 3.63) is 40.3 Å². The van der Waals surface area contributed by atoms with Crippen molar-refractivity contribution < 1.29 is 12.6 Å². The van der Waals surface area contributed by atoms with E-state index in [4.69, 9.17) is 0 Å². The molecule has 1 atom stereocenters. The molecule has 0 N–H and O–H groups in total. The summed E-state index contributed by atoms with van der Waals surface area (Å²) in [6, 6.07) is 6.47. The third kappa shape index (κ3) is 3.53. The minimum Gasteiger partial charge on any atom is -0.254 e. The summed E-state index contributed by atoms with van der Waals surface area (Å²) in [5.41, 5.74) is 2.71. The first-order chi connectivity index (χ1) is 9.39. The monoisotopic (exact) mass is 329 g/mol. The number of rotatable bonds is 5. The van der Waals surface area contributed by atoms with Gasteiger partial charge in [-0.05, 0) is 25.5 Å². The first-order valence-electron chi connectivity index (χ1n) is 5.96. The number of hydrogen-bond acceptors (Lipinski definition) is 5. The molecule has 0 unspecified atom stereocenters. The number of benzene rings is 1. The number of aryl methyl sites for hydroxylation is 2. The SMILES string of the molecule is Cc1ncsc1CC[S@](=O)c1ccccc1S(C)(=O)=O. The van der Waals surface area contributed by atoms with Gasteiger partial charge in [-0.1, -0.05) is 12.1 Å². The number of nitrogens with zero attached hydrogens (tertiary/aromatic N) is 1. The molecular weight excluding hydrogens is 314 g/mol. The topological polar surface area (TPSA) is 64.1 Å². The molecule has 2 rings (SSSR count). The van der Waals surface area contributed by atoms with Crippen LogP contribution in [0.25, 0.3) is 0 Å². The lowest BCUT2D eigenvalue weighted by atomic mass is 10.3. The Balaban J connectivity index is 2.20. The average molecular weight is 329 g/mol. The molecule has 0 spiro atoms. The van der Waals surface area contributed by atoms with E-state index in [1.54, 1.807) is 23.7 Å². The highest BCUT2D eigenvalue weighted by molar-refractivity contribution is 7.92. The summed E-state index contributed by atoms with van der Waals surface area (Å²) in [6.07, 6.45) is 1.78.